The van der Waals surface area contributed by atoms with E-state index < -0.39 is 5.97 Å². The summed E-state index contributed by atoms with van der Waals surface area (Å²) in [6.45, 7) is 1.23. The van der Waals surface area contributed by atoms with Gasteiger partial charge < -0.3 is 24.7 Å². The summed E-state index contributed by atoms with van der Waals surface area (Å²) in [4.78, 5) is 37.4. The summed E-state index contributed by atoms with van der Waals surface area (Å²) in [5, 5.41) is 17.2. The van der Waals surface area contributed by atoms with Gasteiger partial charge in [0.15, 0.2) is 5.69 Å². The first-order valence-electron chi connectivity index (χ1n) is 12.3. The maximum Gasteiger partial charge on any atom is 0.303 e. The molecule has 2 aliphatic rings. The number of nitrogens with one attached hydrogen (secondary N) is 1. The monoisotopic (exact) mass is 469 g/mol. The highest BCUT2D eigenvalue weighted by atomic mass is 16.6. The standard InChI is InChI=1S/C25H35N5O4/c1-29(2)13-6-14-34-28-21(11-12-23(31)32)24-25(33)30(22-10-4-3-9-20(22)27-24)19-15-17-7-5-8-18(16-19)26-17/h3-4,9-10,17-19,26H,5-8,11-16H2,1-2H3,(H,31,32)/b28-21+. The van der Waals surface area contributed by atoms with Crippen molar-refractivity contribution in [1.82, 2.24) is 19.8 Å². The topological polar surface area (TPSA) is 109 Å². The Morgan fingerprint density at radius 3 is 2.68 bits per heavy atom. The van der Waals surface area contributed by atoms with Gasteiger partial charge in [0.25, 0.3) is 5.56 Å². The van der Waals surface area contributed by atoms with Gasteiger partial charge in [-0.15, -0.1) is 0 Å². The van der Waals surface area contributed by atoms with Crippen LogP contribution in [-0.2, 0) is 9.63 Å². The number of nitrogens with zero attached hydrogens (tertiary/aromatic N) is 4. The lowest BCUT2D eigenvalue weighted by Gasteiger charge is -2.41. The average molecular weight is 470 g/mol. The van der Waals surface area contributed by atoms with Gasteiger partial charge in [-0.3, -0.25) is 9.59 Å². The van der Waals surface area contributed by atoms with Crippen molar-refractivity contribution < 1.29 is 14.7 Å². The number of aromatic nitrogens is 2. The minimum atomic E-state index is -0.951. The van der Waals surface area contributed by atoms with E-state index in [1.54, 1.807) is 0 Å². The van der Waals surface area contributed by atoms with Crippen LogP contribution >= 0.6 is 0 Å². The van der Waals surface area contributed by atoms with Gasteiger partial charge >= 0.3 is 5.97 Å². The number of carbonyl (C=O) groups is 1. The first-order valence-corrected chi connectivity index (χ1v) is 12.3. The fourth-order valence-electron chi connectivity index (χ4n) is 5.15. The van der Waals surface area contributed by atoms with Crippen LogP contribution in [0.2, 0.25) is 0 Å². The number of piperidine rings is 2. The Bertz CT molecular complexity index is 1080. The van der Waals surface area contributed by atoms with E-state index in [9.17, 15) is 14.7 Å². The van der Waals surface area contributed by atoms with Crippen LogP contribution in [0.1, 0.15) is 63.1 Å². The molecule has 2 atom stereocenters. The first kappa shape index (κ1) is 24.3. The summed E-state index contributed by atoms with van der Waals surface area (Å²) in [5.74, 6) is -0.951. The molecular formula is C25H35N5O4. The van der Waals surface area contributed by atoms with Gasteiger partial charge in [0.05, 0.1) is 17.5 Å². The van der Waals surface area contributed by atoms with E-state index in [4.69, 9.17) is 4.84 Å². The molecule has 2 saturated heterocycles. The smallest absolute Gasteiger partial charge is 0.303 e. The third kappa shape index (κ3) is 5.82. The Labute approximate surface area is 199 Å². The number of oxime groups is 1. The fourth-order valence-corrected chi connectivity index (χ4v) is 5.15. The van der Waals surface area contributed by atoms with E-state index in [0.717, 1.165) is 44.2 Å². The van der Waals surface area contributed by atoms with Crippen molar-refractivity contribution in [1.29, 1.82) is 0 Å². The predicted octanol–water partition coefficient (Wildman–Crippen LogP) is 2.78. The molecule has 184 valence electrons. The summed E-state index contributed by atoms with van der Waals surface area (Å²) in [5.41, 5.74) is 1.79. The van der Waals surface area contributed by atoms with Gasteiger partial charge in [0.1, 0.15) is 12.3 Å². The van der Waals surface area contributed by atoms with Gasteiger partial charge in [-0.2, -0.15) is 0 Å². The van der Waals surface area contributed by atoms with Crippen molar-refractivity contribution >= 4 is 22.7 Å². The third-order valence-corrected chi connectivity index (χ3v) is 6.71. The van der Waals surface area contributed by atoms with Crippen molar-refractivity contribution in [3.05, 3.63) is 40.3 Å². The Kier molecular flexibility index (Phi) is 7.95. The molecule has 0 spiro atoms. The highest BCUT2D eigenvalue weighted by molar-refractivity contribution is 6.00. The molecule has 3 heterocycles. The molecule has 1 aromatic heterocycles. The molecule has 1 aromatic carbocycles. The van der Waals surface area contributed by atoms with Crippen molar-refractivity contribution in [2.45, 2.75) is 69.5 Å². The molecule has 34 heavy (non-hydrogen) atoms. The number of para-hydroxylation sites is 2. The molecule has 0 amide bonds. The van der Waals surface area contributed by atoms with Crippen LogP contribution in [0.4, 0.5) is 0 Å². The van der Waals surface area contributed by atoms with Gasteiger partial charge in [-0.25, -0.2) is 4.98 Å². The van der Waals surface area contributed by atoms with Crippen LogP contribution in [0.25, 0.3) is 11.0 Å². The molecule has 2 unspecified atom stereocenters. The Hall–Kier alpha value is -2.78. The zero-order valence-corrected chi connectivity index (χ0v) is 20.1. The summed E-state index contributed by atoms with van der Waals surface area (Å²) < 4.78 is 1.88. The van der Waals surface area contributed by atoms with Crippen molar-refractivity contribution in [3.63, 3.8) is 0 Å². The van der Waals surface area contributed by atoms with Gasteiger partial charge in [-0.05, 0) is 58.3 Å². The molecule has 0 radical (unpaired) electrons. The second-order valence-electron chi connectivity index (χ2n) is 9.66. The van der Waals surface area contributed by atoms with Crippen LogP contribution in [0.15, 0.2) is 34.2 Å². The van der Waals surface area contributed by atoms with E-state index in [2.05, 4.69) is 20.4 Å². The lowest BCUT2D eigenvalue weighted by Crippen LogP contribution is -2.50. The predicted molar refractivity (Wildman–Crippen MR) is 131 cm³/mol. The second kappa shape index (κ2) is 11.1. The molecule has 9 nitrogen and oxygen atoms in total. The molecule has 4 rings (SSSR count). The van der Waals surface area contributed by atoms with E-state index in [1.807, 2.05) is 42.9 Å². The molecule has 0 aliphatic carbocycles. The van der Waals surface area contributed by atoms with Crippen LogP contribution in [0.5, 0.6) is 0 Å². The highest BCUT2D eigenvalue weighted by Gasteiger charge is 2.33. The largest absolute Gasteiger partial charge is 0.481 e. The SMILES string of the molecule is CN(C)CCCO/N=C(\CCC(=O)O)c1nc2ccccc2n(C2CC3CCCC(C2)N3)c1=O. The van der Waals surface area contributed by atoms with Crippen molar-refractivity contribution in [3.8, 4) is 0 Å². The van der Waals surface area contributed by atoms with Gasteiger partial charge in [0.2, 0.25) is 0 Å². The number of carboxylic acid groups (broad SMARTS) is 1. The molecule has 2 aliphatic heterocycles. The van der Waals surface area contributed by atoms with E-state index >= 15 is 0 Å². The first-order chi connectivity index (χ1) is 16.4. The third-order valence-electron chi connectivity index (χ3n) is 6.71. The van der Waals surface area contributed by atoms with E-state index in [0.29, 0.717) is 29.9 Å². The lowest BCUT2D eigenvalue weighted by molar-refractivity contribution is -0.136. The van der Waals surface area contributed by atoms with Gasteiger partial charge in [0, 0.05) is 31.1 Å². The Morgan fingerprint density at radius 2 is 1.97 bits per heavy atom. The van der Waals surface area contributed by atoms with Crippen molar-refractivity contribution in [2.24, 2.45) is 5.16 Å². The number of rotatable bonds is 10. The van der Waals surface area contributed by atoms with E-state index in [-0.39, 0.29) is 30.1 Å². The Balaban J connectivity index is 1.71. The molecule has 2 N–H and O–H groups in total. The Morgan fingerprint density at radius 1 is 1.24 bits per heavy atom. The quantitative estimate of drug-likeness (QED) is 0.313. The zero-order valence-electron chi connectivity index (χ0n) is 20.1. The van der Waals surface area contributed by atoms with Crippen LogP contribution < -0.4 is 10.9 Å². The van der Waals surface area contributed by atoms with E-state index in [1.165, 1.54) is 6.42 Å². The maximum atomic E-state index is 13.9. The number of aliphatic carboxylic acids is 1. The normalized spacial score (nSPS) is 22.8. The molecule has 0 saturated carbocycles. The average Bonchev–Trinajstić information content (AvgIpc) is 2.80. The number of benzene rings is 1. The second-order valence-corrected chi connectivity index (χ2v) is 9.66. The number of fused-ring (bicyclic) bond motifs is 3. The van der Waals surface area contributed by atoms with Crippen LogP contribution in [0, 0.1) is 0 Å². The number of carboxylic acids is 1. The molecule has 2 bridgehead atoms. The minimum absolute atomic E-state index is 0.0671. The maximum absolute atomic E-state index is 13.9. The fraction of sp³-hybridized carbons (Fsp3) is 0.600. The summed E-state index contributed by atoms with van der Waals surface area (Å²) in [7, 11) is 3.97. The summed E-state index contributed by atoms with van der Waals surface area (Å²) in [6.07, 6.45) is 5.98. The molecule has 2 aromatic rings. The molecular weight excluding hydrogens is 434 g/mol. The summed E-state index contributed by atoms with van der Waals surface area (Å²) in [6, 6.07) is 8.56. The van der Waals surface area contributed by atoms with Crippen molar-refractivity contribution in [2.75, 3.05) is 27.2 Å². The molecule has 2 fully saturated rings. The lowest BCUT2D eigenvalue weighted by atomic mass is 9.83. The highest BCUT2D eigenvalue weighted by Crippen LogP contribution is 2.33. The summed E-state index contributed by atoms with van der Waals surface area (Å²) >= 11 is 0. The van der Waals surface area contributed by atoms with Crippen LogP contribution in [-0.4, -0.2) is 70.6 Å². The zero-order chi connectivity index (χ0) is 24.1. The number of hydrogen-bond acceptors (Lipinski definition) is 7. The molecule has 9 heteroatoms. The van der Waals surface area contributed by atoms with Gasteiger partial charge in [-0.1, -0.05) is 23.7 Å². The minimum Gasteiger partial charge on any atom is -0.481 e. The number of hydrogen-bond donors (Lipinski definition) is 2. The van der Waals surface area contributed by atoms with Crippen LogP contribution in [0.3, 0.4) is 0 Å².